The Morgan fingerprint density at radius 1 is 1.29 bits per heavy atom. The van der Waals surface area contributed by atoms with E-state index in [0.717, 1.165) is 43.5 Å². The molecule has 112 valence electrons. The molecule has 0 aliphatic carbocycles. The lowest BCUT2D eigenvalue weighted by Gasteiger charge is -2.28. The summed E-state index contributed by atoms with van der Waals surface area (Å²) in [6.45, 7) is 9.89. The lowest BCUT2D eigenvalue weighted by atomic mass is 10.2. The van der Waals surface area contributed by atoms with Crippen LogP contribution in [0.15, 0.2) is 18.5 Å². The van der Waals surface area contributed by atoms with Gasteiger partial charge in [0, 0.05) is 31.4 Å². The fourth-order valence-electron chi connectivity index (χ4n) is 2.52. The molecule has 0 atom stereocenters. The maximum absolute atomic E-state index is 4.76. The third kappa shape index (κ3) is 3.05. The largest absolute Gasteiger partial charge is 0.347 e. The Morgan fingerprint density at radius 3 is 2.90 bits per heavy atom. The summed E-state index contributed by atoms with van der Waals surface area (Å²) >= 11 is 0. The van der Waals surface area contributed by atoms with E-state index in [9.17, 15) is 0 Å². The van der Waals surface area contributed by atoms with E-state index in [1.54, 1.807) is 6.33 Å². The van der Waals surface area contributed by atoms with E-state index in [2.05, 4.69) is 57.9 Å². The Labute approximate surface area is 125 Å². The van der Waals surface area contributed by atoms with Crippen molar-refractivity contribution in [3.63, 3.8) is 0 Å². The molecular weight excluding hydrogens is 264 g/mol. The fourth-order valence-corrected chi connectivity index (χ4v) is 2.52. The Bertz CT molecular complexity index is 618. The van der Waals surface area contributed by atoms with Crippen molar-refractivity contribution >= 4 is 5.82 Å². The van der Waals surface area contributed by atoms with Crippen LogP contribution in [0.25, 0.3) is 0 Å². The van der Waals surface area contributed by atoms with Gasteiger partial charge in [-0.15, -0.1) is 10.2 Å². The fraction of sp³-hybridized carbons (Fsp3) is 0.533. The van der Waals surface area contributed by atoms with E-state index in [0.29, 0.717) is 6.04 Å². The molecule has 1 N–H and O–H groups in total. The van der Waals surface area contributed by atoms with Crippen molar-refractivity contribution in [1.29, 1.82) is 0 Å². The number of hydrogen-bond donors (Lipinski definition) is 1. The summed E-state index contributed by atoms with van der Waals surface area (Å²) < 4.78 is 2.10. The van der Waals surface area contributed by atoms with Crippen molar-refractivity contribution in [2.24, 2.45) is 0 Å². The van der Waals surface area contributed by atoms with Crippen molar-refractivity contribution in [2.75, 3.05) is 11.4 Å². The van der Waals surface area contributed by atoms with Gasteiger partial charge >= 0.3 is 0 Å². The molecule has 21 heavy (non-hydrogen) atoms. The second kappa shape index (κ2) is 5.81. The summed E-state index contributed by atoms with van der Waals surface area (Å²) in [5.74, 6) is 2.03. The van der Waals surface area contributed by atoms with Crippen molar-refractivity contribution in [2.45, 2.75) is 46.4 Å². The molecule has 0 radical (unpaired) electrons. The van der Waals surface area contributed by atoms with E-state index >= 15 is 0 Å². The normalized spacial score (nSPS) is 14.6. The zero-order valence-corrected chi connectivity index (χ0v) is 12.9. The second-order valence-corrected chi connectivity index (χ2v) is 5.81. The van der Waals surface area contributed by atoms with Gasteiger partial charge in [0.05, 0.1) is 6.54 Å². The first-order valence-electron chi connectivity index (χ1n) is 7.45. The maximum Gasteiger partial charge on any atom is 0.152 e. The third-order valence-electron chi connectivity index (χ3n) is 3.84. The highest BCUT2D eigenvalue weighted by atomic mass is 15.3. The monoisotopic (exact) mass is 286 g/mol. The number of hydrogen-bond acceptors (Lipinski definition) is 5. The van der Waals surface area contributed by atoms with Crippen LogP contribution in [-0.2, 0) is 19.6 Å². The van der Waals surface area contributed by atoms with Crippen LogP contribution in [0.5, 0.6) is 0 Å². The van der Waals surface area contributed by atoms with E-state index in [1.165, 1.54) is 5.56 Å². The van der Waals surface area contributed by atoms with Crippen molar-refractivity contribution in [3.8, 4) is 0 Å². The molecule has 3 heterocycles. The van der Waals surface area contributed by atoms with Gasteiger partial charge in [-0.25, -0.2) is 4.98 Å². The lowest BCUT2D eigenvalue weighted by molar-refractivity contribution is 0.555. The van der Waals surface area contributed by atoms with Gasteiger partial charge in [-0.05, 0) is 18.6 Å². The summed E-state index contributed by atoms with van der Waals surface area (Å²) in [5.41, 5.74) is 2.35. The Morgan fingerprint density at radius 2 is 2.14 bits per heavy atom. The first-order chi connectivity index (χ1) is 10.1. The highest BCUT2D eigenvalue weighted by Crippen LogP contribution is 2.19. The third-order valence-corrected chi connectivity index (χ3v) is 3.84. The van der Waals surface area contributed by atoms with Gasteiger partial charge in [0.2, 0.25) is 0 Å². The molecule has 2 aromatic heterocycles. The van der Waals surface area contributed by atoms with Crippen LogP contribution in [0, 0.1) is 6.92 Å². The molecule has 2 aromatic rings. The van der Waals surface area contributed by atoms with Gasteiger partial charge in [-0.1, -0.05) is 19.9 Å². The lowest BCUT2D eigenvalue weighted by Crippen LogP contribution is -2.34. The predicted molar refractivity (Wildman–Crippen MR) is 82.0 cm³/mol. The van der Waals surface area contributed by atoms with Crippen molar-refractivity contribution < 1.29 is 0 Å². The molecule has 0 spiro atoms. The molecule has 6 nitrogen and oxygen atoms in total. The van der Waals surface area contributed by atoms with Gasteiger partial charge in [0.15, 0.2) is 5.82 Å². The summed E-state index contributed by atoms with van der Waals surface area (Å²) in [7, 11) is 0. The number of aromatic nitrogens is 4. The SMILES string of the molecule is Cc1nc(N2CCn3cnnc3C2)ccc1CNC(C)C. The first kappa shape index (κ1) is 14.0. The number of fused-ring (bicyclic) bond motifs is 1. The molecule has 6 heteroatoms. The molecule has 0 saturated heterocycles. The maximum atomic E-state index is 4.76. The molecule has 1 aliphatic rings. The minimum Gasteiger partial charge on any atom is -0.347 e. The number of pyridine rings is 1. The van der Waals surface area contributed by atoms with Crippen LogP contribution < -0.4 is 10.2 Å². The standard InChI is InChI=1S/C15H22N6/c1-11(2)16-8-13-4-5-14(18-12(13)3)20-6-7-21-10-17-19-15(21)9-20/h4-5,10-11,16H,6-9H2,1-3H3. The van der Waals surface area contributed by atoms with E-state index in [-0.39, 0.29) is 0 Å². The first-order valence-corrected chi connectivity index (χ1v) is 7.45. The summed E-state index contributed by atoms with van der Waals surface area (Å²) in [5, 5.41) is 11.6. The molecule has 0 saturated carbocycles. The zero-order chi connectivity index (χ0) is 14.8. The number of rotatable bonds is 4. The average molecular weight is 286 g/mol. The minimum atomic E-state index is 0.484. The number of nitrogens with one attached hydrogen (secondary N) is 1. The molecule has 1 aliphatic heterocycles. The van der Waals surface area contributed by atoms with Crippen LogP contribution >= 0.6 is 0 Å². The Hall–Kier alpha value is -1.95. The second-order valence-electron chi connectivity index (χ2n) is 5.81. The van der Waals surface area contributed by atoms with E-state index in [1.807, 2.05) is 0 Å². The smallest absolute Gasteiger partial charge is 0.152 e. The van der Waals surface area contributed by atoms with Crippen LogP contribution in [0.2, 0.25) is 0 Å². The van der Waals surface area contributed by atoms with E-state index in [4.69, 9.17) is 4.98 Å². The zero-order valence-electron chi connectivity index (χ0n) is 12.9. The molecular formula is C15H22N6. The highest BCUT2D eigenvalue weighted by Gasteiger charge is 2.19. The topological polar surface area (TPSA) is 58.9 Å². The quantitative estimate of drug-likeness (QED) is 0.923. The van der Waals surface area contributed by atoms with Crippen LogP contribution in [-0.4, -0.2) is 32.3 Å². The molecule has 0 fully saturated rings. The van der Waals surface area contributed by atoms with Crippen LogP contribution in [0.4, 0.5) is 5.82 Å². The molecule has 0 bridgehead atoms. The van der Waals surface area contributed by atoms with Crippen molar-refractivity contribution in [3.05, 3.63) is 35.5 Å². The number of aryl methyl sites for hydroxylation is 1. The van der Waals surface area contributed by atoms with Crippen LogP contribution in [0.1, 0.15) is 30.9 Å². The summed E-state index contributed by atoms with van der Waals surface area (Å²) in [6.07, 6.45) is 1.80. The molecule has 3 rings (SSSR count). The predicted octanol–water partition coefficient (Wildman–Crippen LogP) is 1.50. The van der Waals surface area contributed by atoms with Gasteiger partial charge < -0.3 is 14.8 Å². The number of nitrogens with zero attached hydrogens (tertiary/aromatic N) is 5. The molecule has 0 aromatic carbocycles. The molecule has 0 unspecified atom stereocenters. The van der Waals surface area contributed by atoms with Gasteiger partial charge in [-0.2, -0.15) is 0 Å². The molecule has 0 amide bonds. The van der Waals surface area contributed by atoms with E-state index < -0.39 is 0 Å². The number of anilines is 1. The highest BCUT2D eigenvalue weighted by molar-refractivity contribution is 5.42. The van der Waals surface area contributed by atoms with Crippen LogP contribution in [0.3, 0.4) is 0 Å². The van der Waals surface area contributed by atoms with Crippen molar-refractivity contribution in [1.82, 2.24) is 25.1 Å². The Balaban J connectivity index is 1.73. The summed E-state index contributed by atoms with van der Waals surface area (Å²) in [4.78, 5) is 7.02. The average Bonchev–Trinajstić information content (AvgIpc) is 2.93. The minimum absolute atomic E-state index is 0.484. The van der Waals surface area contributed by atoms with Gasteiger partial charge in [-0.3, -0.25) is 0 Å². The Kier molecular flexibility index (Phi) is 3.88. The van der Waals surface area contributed by atoms with Gasteiger partial charge in [0.1, 0.15) is 12.1 Å². The van der Waals surface area contributed by atoms with Gasteiger partial charge in [0.25, 0.3) is 0 Å². The summed E-state index contributed by atoms with van der Waals surface area (Å²) in [6, 6.07) is 4.76.